The maximum atomic E-state index is 6.84. The van der Waals surface area contributed by atoms with Gasteiger partial charge in [-0.3, -0.25) is 4.90 Å². The molecular weight excluding hydrogens is 354 g/mol. The van der Waals surface area contributed by atoms with E-state index in [0.717, 1.165) is 28.3 Å². The van der Waals surface area contributed by atoms with Crippen molar-refractivity contribution in [2.24, 2.45) is 0 Å². The Bertz CT molecular complexity index is 1090. The van der Waals surface area contributed by atoms with Gasteiger partial charge in [0, 0.05) is 16.8 Å². The van der Waals surface area contributed by atoms with Crippen molar-refractivity contribution in [1.29, 1.82) is 0 Å². The van der Waals surface area contributed by atoms with E-state index in [9.17, 15) is 0 Å². The first-order valence-corrected chi connectivity index (χ1v) is 9.96. The molecule has 0 aromatic heterocycles. The highest BCUT2D eigenvalue weighted by Gasteiger charge is 2.49. The highest BCUT2D eigenvalue weighted by molar-refractivity contribution is 5.77. The molecule has 0 atom stereocenters. The van der Waals surface area contributed by atoms with Gasteiger partial charge in [-0.2, -0.15) is 0 Å². The van der Waals surface area contributed by atoms with Gasteiger partial charge in [0.25, 0.3) is 0 Å². The van der Waals surface area contributed by atoms with Crippen molar-refractivity contribution in [1.82, 2.24) is 0 Å². The molecular formula is C27H23NO. The van der Waals surface area contributed by atoms with Gasteiger partial charge >= 0.3 is 0 Å². The van der Waals surface area contributed by atoms with Crippen LogP contribution in [-0.2, 0) is 5.72 Å². The van der Waals surface area contributed by atoms with E-state index in [-0.39, 0.29) is 0 Å². The van der Waals surface area contributed by atoms with Gasteiger partial charge in [0.15, 0.2) is 0 Å². The lowest BCUT2D eigenvalue weighted by atomic mass is 9.91. The quantitative estimate of drug-likeness (QED) is 0.392. The smallest absolute Gasteiger partial charge is 0.240 e. The van der Waals surface area contributed by atoms with Crippen molar-refractivity contribution in [3.63, 3.8) is 0 Å². The van der Waals surface area contributed by atoms with Crippen molar-refractivity contribution in [3.8, 4) is 5.75 Å². The summed E-state index contributed by atoms with van der Waals surface area (Å²) in [6.45, 7) is 4.23. The SMILES string of the molecule is Cc1ccc(C2(c3ccc(C)cc3)Oc3ccccc3N2c2ccccc2)cc1. The lowest BCUT2D eigenvalue weighted by molar-refractivity contribution is 0.143. The molecule has 0 fully saturated rings. The van der Waals surface area contributed by atoms with E-state index in [1.54, 1.807) is 0 Å². The van der Waals surface area contributed by atoms with Gasteiger partial charge in [-0.05, 0) is 38.1 Å². The third-order valence-electron chi connectivity index (χ3n) is 5.58. The Kier molecular flexibility index (Phi) is 4.13. The molecule has 2 nitrogen and oxygen atoms in total. The second kappa shape index (κ2) is 6.82. The summed E-state index contributed by atoms with van der Waals surface area (Å²) in [4.78, 5) is 2.32. The van der Waals surface area contributed by atoms with Crippen molar-refractivity contribution < 1.29 is 4.74 Å². The van der Waals surface area contributed by atoms with Crippen LogP contribution in [0.5, 0.6) is 5.75 Å². The third kappa shape index (κ3) is 2.80. The summed E-state index contributed by atoms with van der Waals surface area (Å²) >= 11 is 0. The molecule has 1 heterocycles. The molecule has 2 heteroatoms. The number of ether oxygens (including phenoxy) is 1. The van der Waals surface area contributed by atoms with Crippen LogP contribution < -0.4 is 9.64 Å². The minimum absolute atomic E-state index is 0.771. The second-order valence-corrected chi connectivity index (χ2v) is 7.62. The number of rotatable bonds is 3. The Labute approximate surface area is 172 Å². The van der Waals surface area contributed by atoms with Crippen LogP contribution in [0, 0.1) is 13.8 Å². The van der Waals surface area contributed by atoms with Crippen molar-refractivity contribution in [3.05, 3.63) is 125 Å². The number of hydrogen-bond acceptors (Lipinski definition) is 2. The molecule has 0 bridgehead atoms. The largest absolute Gasteiger partial charge is 0.457 e. The molecule has 5 rings (SSSR count). The minimum atomic E-state index is -0.771. The normalized spacial score (nSPS) is 14.3. The maximum absolute atomic E-state index is 6.84. The van der Waals surface area contributed by atoms with Crippen molar-refractivity contribution >= 4 is 11.4 Å². The first-order chi connectivity index (χ1) is 14.2. The summed E-state index contributed by atoms with van der Waals surface area (Å²) in [7, 11) is 0. The van der Waals surface area contributed by atoms with Crippen LogP contribution >= 0.6 is 0 Å². The van der Waals surface area contributed by atoms with Crippen molar-refractivity contribution in [2.45, 2.75) is 19.6 Å². The highest BCUT2D eigenvalue weighted by Crippen LogP contribution is 2.54. The molecule has 29 heavy (non-hydrogen) atoms. The number of fused-ring (bicyclic) bond motifs is 1. The summed E-state index contributed by atoms with van der Waals surface area (Å²) < 4.78 is 6.84. The number of benzene rings is 4. The Morgan fingerprint density at radius 1 is 0.586 bits per heavy atom. The van der Waals surface area contributed by atoms with Crippen LogP contribution in [0.4, 0.5) is 11.4 Å². The fourth-order valence-electron chi connectivity index (χ4n) is 4.10. The zero-order valence-electron chi connectivity index (χ0n) is 16.7. The van der Waals surface area contributed by atoms with Gasteiger partial charge in [-0.25, -0.2) is 0 Å². The van der Waals surface area contributed by atoms with E-state index in [1.165, 1.54) is 11.1 Å². The van der Waals surface area contributed by atoms with Gasteiger partial charge in [0.2, 0.25) is 5.72 Å². The van der Waals surface area contributed by atoms with E-state index in [4.69, 9.17) is 4.74 Å². The zero-order chi connectivity index (χ0) is 19.8. The molecule has 0 saturated heterocycles. The summed E-state index contributed by atoms with van der Waals surface area (Å²) in [6.07, 6.45) is 0. The van der Waals surface area contributed by atoms with E-state index < -0.39 is 5.72 Å². The zero-order valence-corrected chi connectivity index (χ0v) is 16.7. The van der Waals surface area contributed by atoms with E-state index in [0.29, 0.717) is 0 Å². The predicted octanol–water partition coefficient (Wildman–Crippen LogP) is 6.74. The third-order valence-corrected chi connectivity index (χ3v) is 5.58. The number of anilines is 2. The molecule has 0 amide bonds. The fourth-order valence-corrected chi connectivity index (χ4v) is 4.10. The van der Waals surface area contributed by atoms with Gasteiger partial charge in [-0.15, -0.1) is 0 Å². The molecule has 1 aliphatic heterocycles. The lowest BCUT2D eigenvalue weighted by Gasteiger charge is -2.39. The molecule has 0 unspecified atom stereocenters. The number of hydrogen-bond donors (Lipinski definition) is 0. The van der Waals surface area contributed by atoms with Gasteiger partial charge in [0.1, 0.15) is 5.75 Å². The van der Waals surface area contributed by atoms with Gasteiger partial charge in [-0.1, -0.05) is 90.0 Å². The number of para-hydroxylation sites is 3. The lowest BCUT2D eigenvalue weighted by Crippen LogP contribution is -2.45. The molecule has 142 valence electrons. The summed E-state index contributed by atoms with van der Waals surface area (Å²) in [5.41, 5.74) is 6.06. The number of nitrogens with zero attached hydrogens (tertiary/aromatic N) is 1. The predicted molar refractivity (Wildman–Crippen MR) is 119 cm³/mol. The van der Waals surface area contributed by atoms with Crippen LogP contribution in [0.3, 0.4) is 0 Å². The van der Waals surface area contributed by atoms with Gasteiger partial charge in [0.05, 0.1) is 5.69 Å². The van der Waals surface area contributed by atoms with E-state index in [1.807, 2.05) is 12.1 Å². The Morgan fingerprint density at radius 3 is 1.69 bits per heavy atom. The average Bonchev–Trinajstić information content (AvgIpc) is 3.11. The van der Waals surface area contributed by atoms with E-state index in [2.05, 4.69) is 110 Å². The molecule has 0 radical (unpaired) electrons. The first kappa shape index (κ1) is 17.6. The Hall–Kier alpha value is -3.52. The number of aryl methyl sites for hydroxylation is 2. The van der Waals surface area contributed by atoms with Crippen LogP contribution in [0.15, 0.2) is 103 Å². The van der Waals surface area contributed by atoms with E-state index >= 15 is 0 Å². The fraction of sp³-hybridized carbons (Fsp3) is 0.111. The van der Waals surface area contributed by atoms with Crippen LogP contribution in [0.2, 0.25) is 0 Å². The molecule has 0 N–H and O–H groups in total. The molecule has 0 saturated carbocycles. The highest BCUT2D eigenvalue weighted by atomic mass is 16.5. The molecule has 4 aromatic carbocycles. The minimum Gasteiger partial charge on any atom is -0.457 e. The van der Waals surface area contributed by atoms with Gasteiger partial charge < -0.3 is 4.74 Å². The second-order valence-electron chi connectivity index (χ2n) is 7.62. The molecule has 4 aromatic rings. The van der Waals surface area contributed by atoms with Crippen LogP contribution in [0.1, 0.15) is 22.3 Å². The van der Waals surface area contributed by atoms with Crippen LogP contribution in [0.25, 0.3) is 0 Å². The topological polar surface area (TPSA) is 12.5 Å². The summed E-state index contributed by atoms with van der Waals surface area (Å²) in [5.74, 6) is 0.887. The Balaban J connectivity index is 1.83. The molecule has 0 spiro atoms. The first-order valence-electron chi connectivity index (χ1n) is 9.96. The monoisotopic (exact) mass is 377 g/mol. The molecule has 0 aliphatic carbocycles. The standard InChI is InChI=1S/C27H23NO/c1-20-12-16-22(17-13-20)27(23-18-14-21(2)15-19-23)28(24-8-4-3-5-9-24)25-10-6-7-11-26(25)29-27/h3-19H,1-2H3. The maximum Gasteiger partial charge on any atom is 0.240 e. The summed E-state index contributed by atoms with van der Waals surface area (Å²) in [5, 5.41) is 0. The Morgan fingerprint density at radius 2 is 1.10 bits per heavy atom. The molecule has 1 aliphatic rings. The van der Waals surface area contributed by atoms with Crippen LogP contribution in [-0.4, -0.2) is 0 Å². The average molecular weight is 377 g/mol. The summed E-state index contributed by atoms with van der Waals surface area (Å²) in [6, 6.07) is 36.1. The van der Waals surface area contributed by atoms with Crippen molar-refractivity contribution in [2.75, 3.05) is 4.90 Å².